The molecule has 0 unspecified atom stereocenters. The van der Waals surface area contributed by atoms with Crippen LogP contribution in [-0.4, -0.2) is 0 Å². The summed E-state index contributed by atoms with van der Waals surface area (Å²) < 4.78 is 0. The summed E-state index contributed by atoms with van der Waals surface area (Å²) in [5, 5.41) is 21.7. The first-order chi connectivity index (χ1) is 26.2. The van der Waals surface area contributed by atoms with Crippen LogP contribution < -0.4 is 0 Å². The maximum absolute atomic E-state index is 2.53. The summed E-state index contributed by atoms with van der Waals surface area (Å²) in [7, 11) is 0. The highest BCUT2D eigenvalue weighted by molar-refractivity contribution is 6.40. The van der Waals surface area contributed by atoms with E-state index in [4.69, 9.17) is 0 Å². The van der Waals surface area contributed by atoms with E-state index in [-0.39, 0.29) is 0 Å². The lowest BCUT2D eigenvalue weighted by atomic mass is 9.89. The minimum absolute atomic E-state index is 0.521. The summed E-state index contributed by atoms with van der Waals surface area (Å²) in [5.41, 5.74) is 10.5. The van der Waals surface area contributed by atoms with Gasteiger partial charge in [-0.15, -0.1) is 0 Å². The second kappa shape index (κ2) is 11.3. The molecule has 0 fully saturated rings. The molecule has 54 heavy (non-hydrogen) atoms. The van der Waals surface area contributed by atoms with Crippen molar-refractivity contribution < 1.29 is 0 Å². The third-order valence-corrected chi connectivity index (χ3v) is 12.8. The lowest BCUT2D eigenvalue weighted by molar-refractivity contribution is 0.867. The van der Waals surface area contributed by atoms with Gasteiger partial charge in [0.1, 0.15) is 0 Å². The summed E-state index contributed by atoms with van der Waals surface area (Å²) in [4.78, 5) is 0. The fourth-order valence-electron chi connectivity index (χ4n) is 9.84. The van der Waals surface area contributed by atoms with Crippen molar-refractivity contribution in [1.82, 2.24) is 0 Å². The van der Waals surface area contributed by atoms with Crippen LogP contribution >= 0.6 is 0 Å². The van der Waals surface area contributed by atoms with Gasteiger partial charge in [0.15, 0.2) is 0 Å². The third kappa shape index (κ3) is 4.32. The largest absolute Gasteiger partial charge is 0.0587 e. The molecule has 0 nitrogen and oxygen atoms in total. The van der Waals surface area contributed by atoms with Crippen LogP contribution in [0.5, 0.6) is 0 Å². The summed E-state index contributed by atoms with van der Waals surface area (Å²) in [6.07, 6.45) is 0. The predicted molar refractivity (Wildman–Crippen MR) is 237 cm³/mol. The zero-order chi connectivity index (χ0) is 36.6. The van der Waals surface area contributed by atoms with Gasteiger partial charge < -0.3 is 0 Å². The Balaban J connectivity index is 1.23. The zero-order valence-electron chi connectivity index (χ0n) is 31.9. The lowest BCUT2D eigenvalue weighted by Gasteiger charge is -2.14. The highest BCUT2D eigenvalue weighted by Crippen LogP contribution is 2.49. The van der Waals surface area contributed by atoms with Crippen LogP contribution in [0.4, 0.5) is 0 Å². The van der Waals surface area contributed by atoms with Crippen LogP contribution in [0.3, 0.4) is 0 Å². The van der Waals surface area contributed by atoms with Crippen LogP contribution in [0.2, 0.25) is 0 Å². The maximum atomic E-state index is 2.53. The SMILES string of the molecule is Cc1ccc2c3ccc(-c4ccc(C(C)C)cc4)cc3c3cc4c5cc6c7cc(-c8ccc(C(C)C)cc8)ccc7c7ccc(C)c(c5ccc4c1c23)c76. The van der Waals surface area contributed by atoms with E-state index in [2.05, 4.69) is 175 Å². The maximum Gasteiger partial charge on any atom is -0.00172 e. The van der Waals surface area contributed by atoms with E-state index in [1.54, 1.807) is 0 Å². The van der Waals surface area contributed by atoms with Gasteiger partial charge in [0, 0.05) is 0 Å². The van der Waals surface area contributed by atoms with Gasteiger partial charge in [0.2, 0.25) is 0 Å². The summed E-state index contributed by atoms with van der Waals surface area (Å²) in [6, 6.07) is 51.8. The van der Waals surface area contributed by atoms with Crippen molar-refractivity contribution >= 4 is 86.2 Å². The van der Waals surface area contributed by atoms with Crippen molar-refractivity contribution in [1.29, 1.82) is 0 Å². The Labute approximate surface area is 316 Å². The smallest absolute Gasteiger partial charge is 0.00172 e. The first-order valence-electron chi connectivity index (χ1n) is 19.6. The van der Waals surface area contributed by atoms with Crippen molar-refractivity contribution in [2.24, 2.45) is 0 Å². The van der Waals surface area contributed by atoms with Crippen LogP contribution in [0, 0.1) is 13.8 Å². The molecule has 0 amide bonds. The molecule has 0 aliphatic carbocycles. The van der Waals surface area contributed by atoms with Crippen LogP contribution in [-0.2, 0) is 0 Å². The van der Waals surface area contributed by atoms with Gasteiger partial charge in [-0.25, -0.2) is 0 Å². The Morgan fingerprint density at radius 2 is 0.574 bits per heavy atom. The van der Waals surface area contributed by atoms with Gasteiger partial charge in [0.05, 0.1) is 0 Å². The quantitative estimate of drug-likeness (QED) is 0.161. The molecule has 11 rings (SSSR count). The molecule has 0 bridgehead atoms. The summed E-state index contributed by atoms with van der Waals surface area (Å²) in [5.74, 6) is 1.04. The molecule has 0 heteroatoms. The molecule has 0 spiro atoms. The monoisotopic (exact) mass is 690 g/mol. The highest BCUT2D eigenvalue weighted by Gasteiger charge is 2.21. The number of benzene rings is 9. The molecule has 0 aromatic heterocycles. The number of aryl methyl sites for hydroxylation is 2. The predicted octanol–water partition coefficient (Wildman–Crippen LogP) is 16.0. The molecule has 0 saturated heterocycles. The van der Waals surface area contributed by atoms with Crippen molar-refractivity contribution in [2.45, 2.75) is 53.4 Å². The first-order valence-corrected chi connectivity index (χ1v) is 19.6. The van der Waals surface area contributed by atoms with Gasteiger partial charge in [-0.3, -0.25) is 0 Å². The molecule has 11 aromatic carbocycles. The molecule has 0 radical (unpaired) electrons. The molecular formula is C54H42. The van der Waals surface area contributed by atoms with E-state index >= 15 is 0 Å². The third-order valence-electron chi connectivity index (χ3n) is 12.8. The molecule has 0 aliphatic heterocycles. The van der Waals surface area contributed by atoms with E-state index in [1.807, 2.05) is 0 Å². The molecule has 11 aromatic rings. The Morgan fingerprint density at radius 1 is 0.259 bits per heavy atom. The van der Waals surface area contributed by atoms with Crippen LogP contribution in [0.15, 0.2) is 133 Å². The van der Waals surface area contributed by atoms with Crippen molar-refractivity contribution in [3.05, 3.63) is 156 Å². The van der Waals surface area contributed by atoms with Gasteiger partial charge in [-0.1, -0.05) is 137 Å². The normalized spacial score (nSPS) is 12.6. The Bertz CT molecular complexity index is 3080. The molecular weight excluding hydrogens is 649 g/mol. The van der Waals surface area contributed by atoms with E-state index in [0.29, 0.717) is 11.8 Å². The Kier molecular flexibility index (Phi) is 6.58. The number of hydrogen-bond acceptors (Lipinski definition) is 0. The fourth-order valence-corrected chi connectivity index (χ4v) is 9.84. The standard InChI is InChI=1S/C54H42/c1-29(2)33-9-13-35(14-10-33)37-17-21-39-41-19-7-31(5)51-43-23-24-44-48(47(43)27-49(53(41)51)45(39)25-37)28-50-46-26-38(36-15-11-34(12-16-36)30(3)4)18-22-40(46)42-20-8-32(6)52(44)54(42)50/h7-30H,1-6H3. The first kappa shape index (κ1) is 31.5. The van der Waals surface area contributed by atoms with Crippen molar-refractivity contribution in [3.8, 4) is 22.3 Å². The number of hydrogen-bond donors (Lipinski definition) is 0. The van der Waals surface area contributed by atoms with Crippen LogP contribution in [0.25, 0.3) is 108 Å². The van der Waals surface area contributed by atoms with Crippen molar-refractivity contribution in [3.63, 3.8) is 0 Å². The van der Waals surface area contributed by atoms with Gasteiger partial charge in [0.25, 0.3) is 0 Å². The average molecular weight is 691 g/mol. The minimum atomic E-state index is 0.521. The molecule has 0 N–H and O–H groups in total. The molecule has 0 saturated carbocycles. The second-order valence-corrected chi connectivity index (χ2v) is 16.5. The Hall–Kier alpha value is -5.98. The summed E-state index contributed by atoms with van der Waals surface area (Å²) in [6.45, 7) is 13.6. The number of rotatable bonds is 4. The van der Waals surface area contributed by atoms with Gasteiger partial charge >= 0.3 is 0 Å². The zero-order valence-corrected chi connectivity index (χ0v) is 31.9. The van der Waals surface area contributed by atoms with E-state index in [9.17, 15) is 0 Å². The fraction of sp³-hybridized carbons (Fsp3) is 0.148. The lowest BCUT2D eigenvalue weighted by Crippen LogP contribution is -1.87. The Morgan fingerprint density at radius 3 is 0.963 bits per heavy atom. The molecule has 258 valence electrons. The highest BCUT2D eigenvalue weighted by atomic mass is 14.2. The van der Waals surface area contributed by atoms with Gasteiger partial charge in [-0.05, 0) is 181 Å². The summed E-state index contributed by atoms with van der Waals surface area (Å²) >= 11 is 0. The van der Waals surface area contributed by atoms with E-state index in [1.165, 1.54) is 131 Å². The van der Waals surface area contributed by atoms with E-state index < -0.39 is 0 Å². The number of fused-ring (bicyclic) bond motifs is 11. The van der Waals surface area contributed by atoms with Crippen LogP contribution in [0.1, 0.15) is 61.8 Å². The van der Waals surface area contributed by atoms with Gasteiger partial charge in [-0.2, -0.15) is 0 Å². The van der Waals surface area contributed by atoms with Crippen molar-refractivity contribution in [2.75, 3.05) is 0 Å². The average Bonchev–Trinajstić information content (AvgIpc) is 3.68. The van der Waals surface area contributed by atoms with E-state index in [0.717, 1.165) is 0 Å². The molecule has 0 aliphatic rings. The topological polar surface area (TPSA) is 0 Å². The second-order valence-electron chi connectivity index (χ2n) is 16.5. The molecule has 0 atom stereocenters. The molecule has 0 heterocycles. The minimum Gasteiger partial charge on any atom is -0.0587 e.